The summed E-state index contributed by atoms with van der Waals surface area (Å²) in [5.74, 6) is 0.552. The smallest absolute Gasteiger partial charge is 0.228 e. The molecule has 0 fully saturated rings. The van der Waals surface area contributed by atoms with E-state index < -0.39 is 0 Å². The molecule has 0 unspecified atom stereocenters. The van der Waals surface area contributed by atoms with Crippen molar-refractivity contribution in [1.29, 1.82) is 0 Å². The van der Waals surface area contributed by atoms with E-state index in [1.165, 1.54) is 11.8 Å². The molecular weight excluding hydrogens is 458 g/mol. The Hall–Kier alpha value is -2.85. The Labute approximate surface area is 178 Å². The second-order valence-electron chi connectivity index (χ2n) is 6.18. The number of nitrogens with zero attached hydrogens (tertiary/aromatic N) is 4. The number of carbonyl (C=O) groups is 1. The summed E-state index contributed by atoms with van der Waals surface area (Å²) < 4.78 is 13.2. The fourth-order valence-electron chi connectivity index (χ4n) is 2.79. The van der Waals surface area contributed by atoms with Gasteiger partial charge >= 0.3 is 0 Å². The van der Waals surface area contributed by atoms with Crippen molar-refractivity contribution in [2.75, 3.05) is 12.4 Å². The quantitative estimate of drug-likeness (QED) is 0.450. The average molecular weight is 474 g/mol. The van der Waals surface area contributed by atoms with E-state index in [0.29, 0.717) is 22.2 Å². The molecule has 0 atom stereocenters. The fraction of sp³-hybridized carbons (Fsp3) is 0.158. The summed E-state index contributed by atoms with van der Waals surface area (Å²) in [6, 6.07) is 11.2. The summed E-state index contributed by atoms with van der Waals surface area (Å²) in [6.45, 7) is 0. The third-order valence-electron chi connectivity index (χ3n) is 4.21. The van der Waals surface area contributed by atoms with E-state index in [-0.39, 0.29) is 12.3 Å². The van der Waals surface area contributed by atoms with Crippen molar-refractivity contribution in [2.24, 2.45) is 7.05 Å². The van der Waals surface area contributed by atoms with E-state index in [4.69, 9.17) is 9.15 Å². The van der Waals surface area contributed by atoms with Gasteiger partial charge in [-0.15, -0.1) is 5.10 Å². The van der Waals surface area contributed by atoms with Crippen molar-refractivity contribution < 1.29 is 13.9 Å². The zero-order valence-corrected chi connectivity index (χ0v) is 18.0. The van der Waals surface area contributed by atoms with Crippen LogP contribution in [-0.4, -0.2) is 33.2 Å². The summed E-state index contributed by atoms with van der Waals surface area (Å²) in [5.41, 5.74) is 2.16. The number of amides is 1. The van der Waals surface area contributed by atoms with Crippen molar-refractivity contribution in [1.82, 2.24) is 20.2 Å². The van der Waals surface area contributed by atoms with Crippen LogP contribution in [0.25, 0.3) is 11.0 Å². The predicted octanol–water partition coefficient (Wildman–Crippen LogP) is 4.06. The molecule has 2 aromatic heterocycles. The van der Waals surface area contributed by atoms with E-state index in [2.05, 4.69) is 36.8 Å². The van der Waals surface area contributed by atoms with Gasteiger partial charge < -0.3 is 14.5 Å². The van der Waals surface area contributed by atoms with Gasteiger partial charge in [0.15, 0.2) is 0 Å². The van der Waals surface area contributed by atoms with Gasteiger partial charge in [0.05, 0.1) is 25.5 Å². The summed E-state index contributed by atoms with van der Waals surface area (Å²) in [7, 11) is 3.36. The van der Waals surface area contributed by atoms with Gasteiger partial charge in [-0.3, -0.25) is 4.79 Å². The molecule has 0 bridgehead atoms. The number of aryl methyl sites for hydroxylation is 1. The number of anilines is 1. The highest BCUT2D eigenvalue weighted by Crippen LogP contribution is 2.34. The molecule has 2 aromatic carbocycles. The summed E-state index contributed by atoms with van der Waals surface area (Å²) in [6.07, 6.45) is 1.78. The SMILES string of the molecule is COc1ccc2c(CC(=O)Nc3cc(Br)ccc3Sc3nnnn3C)coc2c1. The number of benzene rings is 2. The van der Waals surface area contributed by atoms with Gasteiger partial charge in [-0.05, 0) is 52.5 Å². The van der Waals surface area contributed by atoms with Crippen LogP contribution in [0.15, 0.2) is 61.6 Å². The van der Waals surface area contributed by atoms with Crippen LogP contribution in [-0.2, 0) is 18.3 Å². The number of methoxy groups -OCH3 is 1. The van der Waals surface area contributed by atoms with E-state index in [1.54, 1.807) is 31.2 Å². The summed E-state index contributed by atoms with van der Waals surface area (Å²) in [5, 5.41) is 15.9. The van der Waals surface area contributed by atoms with Gasteiger partial charge in [0.25, 0.3) is 0 Å². The number of aromatic nitrogens is 4. The molecule has 29 heavy (non-hydrogen) atoms. The Morgan fingerprint density at radius 2 is 2.17 bits per heavy atom. The molecule has 0 saturated heterocycles. The molecule has 148 valence electrons. The first-order chi connectivity index (χ1) is 14.0. The second kappa shape index (κ2) is 8.26. The van der Waals surface area contributed by atoms with Crippen LogP contribution in [0.1, 0.15) is 5.56 Å². The molecule has 10 heteroatoms. The summed E-state index contributed by atoms with van der Waals surface area (Å²) in [4.78, 5) is 13.6. The fourth-order valence-corrected chi connectivity index (χ4v) is 3.95. The lowest BCUT2D eigenvalue weighted by Gasteiger charge is -2.10. The molecule has 0 saturated carbocycles. The van der Waals surface area contributed by atoms with Crippen LogP contribution in [0.3, 0.4) is 0 Å². The van der Waals surface area contributed by atoms with Crippen LogP contribution in [0.5, 0.6) is 5.75 Å². The number of ether oxygens (including phenoxy) is 1. The normalized spacial score (nSPS) is 11.0. The van der Waals surface area contributed by atoms with E-state index >= 15 is 0 Å². The third-order valence-corrected chi connectivity index (χ3v) is 5.81. The Morgan fingerprint density at radius 3 is 2.93 bits per heavy atom. The maximum Gasteiger partial charge on any atom is 0.228 e. The van der Waals surface area contributed by atoms with Gasteiger partial charge in [0.1, 0.15) is 11.3 Å². The van der Waals surface area contributed by atoms with E-state index in [1.807, 2.05) is 30.3 Å². The molecule has 1 amide bonds. The molecule has 4 rings (SSSR count). The van der Waals surface area contributed by atoms with Crippen molar-refractivity contribution in [3.05, 3.63) is 52.7 Å². The van der Waals surface area contributed by atoms with Crippen LogP contribution >= 0.6 is 27.7 Å². The van der Waals surface area contributed by atoms with Crippen molar-refractivity contribution in [2.45, 2.75) is 16.5 Å². The highest BCUT2D eigenvalue weighted by molar-refractivity contribution is 9.10. The number of hydrogen-bond acceptors (Lipinski definition) is 7. The minimum atomic E-state index is -0.153. The first-order valence-corrected chi connectivity index (χ1v) is 10.2. The largest absolute Gasteiger partial charge is 0.497 e. The number of nitrogens with one attached hydrogen (secondary N) is 1. The Bertz CT molecular complexity index is 1190. The van der Waals surface area contributed by atoms with Crippen LogP contribution < -0.4 is 10.1 Å². The third kappa shape index (κ3) is 4.28. The molecule has 1 N–H and O–H groups in total. The number of hydrogen-bond donors (Lipinski definition) is 1. The Balaban J connectivity index is 1.54. The predicted molar refractivity (Wildman–Crippen MR) is 112 cm³/mol. The van der Waals surface area contributed by atoms with Gasteiger partial charge in [-0.1, -0.05) is 15.9 Å². The number of carbonyl (C=O) groups excluding carboxylic acids is 1. The van der Waals surface area contributed by atoms with E-state index in [9.17, 15) is 4.79 Å². The number of tetrazole rings is 1. The van der Waals surface area contributed by atoms with Gasteiger partial charge in [-0.2, -0.15) is 0 Å². The highest BCUT2D eigenvalue weighted by Gasteiger charge is 2.15. The standard InChI is InChI=1S/C19H16BrN5O3S/c1-25-19(22-23-24-25)29-17-6-3-12(20)8-15(17)21-18(26)7-11-10-28-16-9-13(27-2)4-5-14(11)16/h3-6,8-10H,7H2,1-2H3,(H,21,26). The molecule has 8 nitrogen and oxygen atoms in total. The maximum atomic E-state index is 12.7. The zero-order chi connectivity index (χ0) is 20.4. The molecule has 0 aliphatic carbocycles. The molecule has 0 aliphatic rings. The molecule has 0 radical (unpaired) electrons. The first kappa shape index (κ1) is 19.5. The van der Waals surface area contributed by atoms with Crippen LogP contribution in [0.2, 0.25) is 0 Å². The van der Waals surface area contributed by atoms with Crippen LogP contribution in [0, 0.1) is 0 Å². The zero-order valence-electron chi connectivity index (χ0n) is 15.5. The number of halogens is 1. The van der Waals surface area contributed by atoms with Crippen LogP contribution in [0.4, 0.5) is 5.69 Å². The van der Waals surface area contributed by atoms with E-state index in [0.717, 1.165) is 20.3 Å². The minimum absolute atomic E-state index is 0.153. The van der Waals surface area contributed by atoms with Gasteiger partial charge in [-0.25, -0.2) is 4.68 Å². The lowest BCUT2D eigenvalue weighted by atomic mass is 10.1. The van der Waals surface area contributed by atoms with Crippen molar-refractivity contribution in [3.63, 3.8) is 0 Å². The van der Waals surface area contributed by atoms with Gasteiger partial charge in [0.2, 0.25) is 11.1 Å². The average Bonchev–Trinajstić information content (AvgIpc) is 3.29. The molecular formula is C19H16BrN5O3S. The number of fused-ring (bicyclic) bond motifs is 1. The monoisotopic (exact) mass is 473 g/mol. The lowest BCUT2D eigenvalue weighted by Crippen LogP contribution is -2.14. The first-order valence-electron chi connectivity index (χ1n) is 8.57. The lowest BCUT2D eigenvalue weighted by molar-refractivity contribution is -0.115. The molecule has 0 spiro atoms. The Morgan fingerprint density at radius 1 is 1.31 bits per heavy atom. The Kier molecular flexibility index (Phi) is 5.54. The topological polar surface area (TPSA) is 95.1 Å². The highest BCUT2D eigenvalue weighted by atomic mass is 79.9. The van der Waals surface area contributed by atoms with Crippen molar-refractivity contribution >= 4 is 50.3 Å². The molecule has 4 aromatic rings. The number of rotatable bonds is 6. The number of furan rings is 1. The van der Waals surface area contributed by atoms with Crippen molar-refractivity contribution in [3.8, 4) is 5.75 Å². The molecule has 2 heterocycles. The maximum absolute atomic E-state index is 12.7. The molecule has 0 aliphatic heterocycles. The minimum Gasteiger partial charge on any atom is -0.497 e. The second-order valence-corrected chi connectivity index (χ2v) is 8.10. The van der Waals surface area contributed by atoms with Gasteiger partial charge in [0, 0.05) is 33.4 Å². The summed E-state index contributed by atoms with van der Waals surface area (Å²) >= 11 is 4.82.